The van der Waals surface area contributed by atoms with Crippen LogP contribution in [0.4, 0.5) is 5.82 Å². The normalized spacial score (nSPS) is 10.6. The molecule has 0 aromatic carbocycles. The number of likely N-dealkylation sites (N-methyl/N-ethyl adjacent to an activating group) is 1. The Kier molecular flexibility index (Phi) is 2.67. The predicted octanol–water partition coefficient (Wildman–Crippen LogP) is 0.0352. The number of carboxylic acid groups (broad SMARTS) is 1. The van der Waals surface area contributed by atoms with Crippen LogP contribution in [0.3, 0.4) is 0 Å². The zero-order valence-corrected chi connectivity index (χ0v) is 8.74. The number of nitrogens with zero attached hydrogens (tertiary/aromatic N) is 5. The summed E-state index contributed by atoms with van der Waals surface area (Å²) in [4.78, 5) is 16.5. The van der Waals surface area contributed by atoms with E-state index in [1.54, 1.807) is 28.0 Å². The molecular weight excluding hydrogens is 210 g/mol. The van der Waals surface area contributed by atoms with Gasteiger partial charge < -0.3 is 10.0 Å². The molecular formula is C9H11N5O2. The Balaban J connectivity index is 2.43. The highest BCUT2D eigenvalue weighted by atomic mass is 16.4. The Morgan fingerprint density at radius 1 is 1.62 bits per heavy atom. The SMILES string of the molecule is CCN(CC(=O)O)c1nccn2cnnc12. The summed E-state index contributed by atoms with van der Waals surface area (Å²) in [6.07, 6.45) is 4.86. The van der Waals surface area contributed by atoms with E-state index in [4.69, 9.17) is 5.11 Å². The monoisotopic (exact) mass is 221 g/mol. The van der Waals surface area contributed by atoms with Crippen LogP contribution < -0.4 is 4.90 Å². The minimum Gasteiger partial charge on any atom is -0.480 e. The molecule has 16 heavy (non-hydrogen) atoms. The number of aliphatic carboxylic acids is 1. The molecule has 0 atom stereocenters. The second kappa shape index (κ2) is 4.13. The van der Waals surface area contributed by atoms with Gasteiger partial charge in [0.05, 0.1) is 0 Å². The predicted molar refractivity (Wildman–Crippen MR) is 56.3 cm³/mol. The number of hydrogen-bond donors (Lipinski definition) is 1. The van der Waals surface area contributed by atoms with Crippen LogP contribution in [0.25, 0.3) is 5.65 Å². The molecule has 7 heteroatoms. The number of rotatable bonds is 4. The summed E-state index contributed by atoms with van der Waals surface area (Å²) < 4.78 is 1.70. The molecule has 84 valence electrons. The van der Waals surface area contributed by atoms with Gasteiger partial charge in [0.1, 0.15) is 12.9 Å². The molecule has 0 fully saturated rings. The summed E-state index contributed by atoms with van der Waals surface area (Å²) in [5.41, 5.74) is 0.561. The van der Waals surface area contributed by atoms with E-state index in [1.807, 2.05) is 6.92 Å². The van der Waals surface area contributed by atoms with Gasteiger partial charge in [-0.05, 0) is 6.92 Å². The highest BCUT2D eigenvalue weighted by molar-refractivity contribution is 5.75. The molecule has 0 saturated carbocycles. The Labute approximate surface area is 91.4 Å². The first kappa shape index (κ1) is 10.3. The zero-order valence-electron chi connectivity index (χ0n) is 8.74. The van der Waals surface area contributed by atoms with Gasteiger partial charge in [-0.1, -0.05) is 0 Å². The van der Waals surface area contributed by atoms with Crippen LogP contribution in [0.2, 0.25) is 0 Å². The van der Waals surface area contributed by atoms with Gasteiger partial charge in [-0.15, -0.1) is 10.2 Å². The van der Waals surface area contributed by atoms with Crippen molar-refractivity contribution in [2.75, 3.05) is 18.0 Å². The highest BCUT2D eigenvalue weighted by Crippen LogP contribution is 2.15. The standard InChI is InChI=1S/C9H11N5O2/c1-2-13(5-7(15)16)8-9-12-11-6-14(9)4-3-10-8/h3-4,6H,2,5H2,1H3,(H,15,16). The van der Waals surface area contributed by atoms with Crippen LogP contribution >= 0.6 is 0 Å². The maximum Gasteiger partial charge on any atom is 0.323 e. The van der Waals surface area contributed by atoms with Crippen molar-refractivity contribution in [3.05, 3.63) is 18.7 Å². The fourth-order valence-electron chi connectivity index (χ4n) is 1.47. The maximum atomic E-state index is 10.7. The lowest BCUT2D eigenvalue weighted by Gasteiger charge is -2.19. The molecule has 0 radical (unpaired) electrons. The molecule has 1 N–H and O–H groups in total. The van der Waals surface area contributed by atoms with Crippen molar-refractivity contribution in [2.45, 2.75) is 6.92 Å². The smallest absolute Gasteiger partial charge is 0.323 e. The molecule has 2 heterocycles. The minimum atomic E-state index is -0.898. The summed E-state index contributed by atoms with van der Waals surface area (Å²) in [7, 11) is 0. The minimum absolute atomic E-state index is 0.101. The van der Waals surface area contributed by atoms with E-state index < -0.39 is 5.97 Å². The number of carboxylic acids is 1. The van der Waals surface area contributed by atoms with Gasteiger partial charge in [0, 0.05) is 18.9 Å². The lowest BCUT2D eigenvalue weighted by atomic mass is 10.4. The van der Waals surface area contributed by atoms with Gasteiger partial charge in [0.25, 0.3) is 0 Å². The van der Waals surface area contributed by atoms with Gasteiger partial charge in [0.15, 0.2) is 5.82 Å². The number of fused-ring (bicyclic) bond motifs is 1. The maximum absolute atomic E-state index is 10.7. The summed E-state index contributed by atoms with van der Waals surface area (Å²) >= 11 is 0. The summed E-state index contributed by atoms with van der Waals surface area (Å²) in [5.74, 6) is -0.366. The molecule has 0 aliphatic rings. The van der Waals surface area contributed by atoms with Gasteiger partial charge in [0.2, 0.25) is 5.65 Å². The van der Waals surface area contributed by atoms with Crippen molar-refractivity contribution >= 4 is 17.4 Å². The van der Waals surface area contributed by atoms with Crippen LogP contribution in [0, 0.1) is 0 Å². The molecule has 0 bridgehead atoms. The first-order valence-corrected chi connectivity index (χ1v) is 4.83. The number of aromatic nitrogens is 4. The van der Waals surface area contributed by atoms with Gasteiger partial charge >= 0.3 is 5.97 Å². The Bertz CT molecular complexity index is 509. The molecule has 0 saturated heterocycles. The molecule has 2 aromatic rings. The van der Waals surface area contributed by atoms with Gasteiger partial charge in [-0.2, -0.15) is 0 Å². The Hall–Kier alpha value is -2.18. The third-order valence-electron chi connectivity index (χ3n) is 2.20. The van der Waals surface area contributed by atoms with Crippen LogP contribution in [-0.2, 0) is 4.79 Å². The third kappa shape index (κ3) is 1.79. The fourth-order valence-corrected chi connectivity index (χ4v) is 1.47. The van der Waals surface area contributed by atoms with Crippen molar-refractivity contribution in [1.29, 1.82) is 0 Å². The molecule has 2 aromatic heterocycles. The second-order valence-corrected chi connectivity index (χ2v) is 3.22. The van der Waals surface area contributed by atoms with Crippen molar-refractivity contribution in [1.82, 2.24) is 19.6 Å². The first-order valence-electron chi connectivity index (χ1n) is 4.83. The molecule has 0 amide bonds. The van der Waals surface area contributed by atoms with Gasteiger partial charge in [-0.25, -0.2) is 4.98 Å². The van der Waals surface area contributed by atoms with Crippen molar-refractivity contribution in [2.24, 2.45) is 0 Å². The average Bonchev–Trinajstić information content (AvgIpc) is 2.73. The largest absolute Gasteiger partial charge is 0.480 e. The summed E-state index contributed by atoms with van der Waals surface area (Å²) in [6.45, 7) is 2.31. The fraction of sp³-hybridized carbons (Fsp3) is 0.333. The lowest BCUT2D eigenvalue weighted by Crippen LogP contribution is -2.30. The van der Waals surface area contributed by atoms with Crippen LogP contribution in [0.1, 0.15) is 6.92 Å². The molecule has 0 aliphatic carbocycles. The lowest BCUT2D eigenvalue weighted by molar-refractivity contribution is -0.135. The number of carbonyl (C=O) groups is 1. The summed E-state index contributed by atoms with van der Waals surface area (Å²) in [6, 6.07) is 0. The Morgan fingerprint density at radius 3 is 3.12 bits per heavy atom. The zero-order chi connectivity index (χ0) is 11.5. The molecule has 0 spiro atoms. The third-order valence-corrected chi connectivity index (χ3v) is 2.20. The van der Waals surface area contributed by atoms with E-state index in [9.17, 15) is 4.79 Å². The van der Waals surface area contributed by atoms with Crippen molar-refractivity contribution < 1.29 is 9.90 Å². The average molecular weight is 221 g/mol. The first-order chi connectivity index (χ1) is 7.72. The van der Waals surface area contributed by atoms with Crippen molar-refractivity contribution in [3.8, 4) is 0 Å². The van der Waals surface area contributed by atoms with E-state index >= 15 is 0 Å². The second-order valence-electron chi connectivity index (χ2n) is 3.22. The molecule has 7 nitrogen and oxygen atoms in total. The van der Waals surface area contributed by atoms with E-state index in [-0.39, 0.29) is 6.54 Å². The van der Waals surface area contributed by atoms with E-state index in [0.717, 1.165) is 0 Å². The van der Waals surface area contributed by atoms with Gasteiger partial charge in [-0.3, -0.25) is 9.20 Å². The van der Waals surface area contributed by atoms with E-state index in [1.165, 1.54) is 0 Å². The number of anilines is 1. The van der Waals surface area contributed by atoms with E-state index in [2.05, 4.69) is 15.2 Å². The Morgan fingerprint density at radius 2 is 2.44 bits per heavy atom. The number of hydrogen-bond acceptors (Lipinski definition) is 5. The molecule has 0 aliphatic heterocycles. The van der Waals surface area contributed by atoms with Crippen molar-refractivity contribution in [3.63, 3.8) is 0 Å². The van der Waals surface area contributed by atoms with Crippen LogP contribution in [0.5, 0.6) is 0 Å². The van der Waals surface area contributed by atoms with Crippen LogP contribution in [-0.4, -0.2) is 43.7 Å². The summed E-state index contributed by atoms with van der Waals surface area (Å²) in [5, 5.41) is 16.5. The topological polar surface area (TPSA) is 83.6 Å². The van der Waals surface area contributed by atoms with E-state index in [0.29, 0.717) is 18.0 Å². The quantitative estimate of drug-likeness (QED) is 0.784. The highest BCUT2D eigenvalue weighted by Gasteiger charge is 2.14. The molecule has 0 unspecified atom stereocenters. The van der Waals surface area contributed by atoms with Crippen LogP contribution in [0.15, 0.2) is 18.7 Å². The molecule has 2 rings (SSSR count).